The molecule has 0 aromatic rings. The molecule has 5 aliphatic carbocycles. The van der Waals surface area contributed by atoms with Crippen LogP contribution < -0.4 is 0 Å². The molecule has 0 aromatic carbocycles. The van der Waals surface area contributed by atoms with Crippen LogP contribution in [0.15, 0.2) is 0 Å². The van der Waals surface area contributed by atoms with Gasteiger partial charge in [-0.15, -0.1) is 0 Å². The molecule has 0 amide bonds. The quantitative estimate of drug-likeness (QED) is 0.483. The van der Waals surface area contributed by atoms with E-state index in [2.05, 4.69) is 18.7 Å². The number of likely N-dealkylation sites (tertiary alicyclic amines) is 1. The van der Waals surface area contributed by atoms with Crippen LogP contribution in [0.4, 0.5) is 0 Å². The van der Waals surface area contributed by atoms with Gasteiger partial charge in [0.1, 0.15) is 6.10 Å². The standard InChI is InChI=1S/C28H45NO6/c1-7-29-14-26(15-31-4)10-9-22(33-6)28-18-11-17-20(32-5)13-27(34-8-2,19(25(28)29)12-21(26)28)23(18)24(17)35-16(3)30/h17-25H,7-15H2,1-6H3. The average molecular weight is 492 g/mol. The van der Waals surface area contributed by atoms with Crippen molar-refractivity contribution in [2.24, 2.45) is 40.4 Å². The van der Waals surface area contributed by atoms with E-state index in [1.165, 1.54) is 0 Å². The van der Waals surface area contributed by atoms with Gasteiger partial charge in [0, 0.05) is 82.5 Å². The van der Waals surface area contributed by atoms with Gasteiger partial charge in [0.25, 0.3) is 0 Å². The lowest BCUT2D eigenvalue weighted by atomic mass is 9.43. The van der Waals surface area contributed by atoms with Gasteiger partial charge in [0.15, 0.2) is 0 Å². The Labute approximate surface area is 210 Å². The van der Waals surface area contributed by atoms with Gasteiger partial charge >= 0.3 is 5.97 Å². The van der Waals surface area contributed by atoms with Crippen molar-refractivity contribution in [3.8, 4) is 0 Å². The Morgan fingerprint density at radius 3 is 2.51 bits per heavy atom. The second-order valence-corrected chi connectivity index (χ2v) is 12.4. The zero-order valence-corrected chi connectivity index (χ0v) is 22.5. The molecule has 6 rings (SSSR count). The van der Waals surface area contributed by atoms with E-state index in [-0.39, 0.29) is 52.5 Å². The number of hydrogen-bond acceptors (Lipinski definition) is 7. The number of hydrogen-bond donors (Lipinski definition) is 0. The number of fused-ring (bicyclic) bond motifs is 2. The van der Waals surface area contributed by atoms with E-state index in [1.807, 2.05) is 21.3 Å². The highest BCUT2D eigenvalue weighted by Gasteiger charge is 2.84. The molecule has 12 atom stereocenters. The fourth-order valence-corrected chi connectivity index (χ4v) is 11.5. The molecule has 198 valence electrons. The summed E-state index contributed by atoms with van der Waals surface area (Å²) < 4.78 is 31.8. The molecule has 1 saturated heterocycles. The van der Waals surface area contributed by atoms with Crippen molar-refractivity contribution >= 4 is 5.97 Å². The molecule has 6 aliphatic rings. The third kappa shape index (κ3) is 2.83. The second-order valence-electron chi connectivity index (χ2n) is 12.4. The summed E-state index contributed by atoms with van der Waals surface area (Å²) in [4.78, 5) is 15.2. The number of nitrogens with zero attached hydrogens (tertiary/aromatic N) is 1. The molecule has 5 saturated carbocycles. The van der Waals surface area contributed by atoms with Crippen LogP contribution in [-0.4, -0.2) is 88.5 Å². The summed E-state index contributed by atoms with van der Waals surface area (Å²) in [5, 5.41) is 0. The van der Waals surface area contributed by atoms with Crippen LogP contribution in [0.1, 0.15) is 52.9 Å². The molecule has 0 aromatic heterocycles. The number of methoxy groups -OCH3 is 3. The number of esters is 1. The predicted molar refractivity (Wildman–Crippen MR) is 130 cm³/mol. The fraction of sp³-hybridized carbons (Fsp3) is 0.964. The van der Waals surface area contributed by atoms with Crippen LogP contribution in [-0.2, 0) is 28.5 Å². The van der Waals surface area contributed by atoms with Gasteiger partial charge in [-0.2, -0.15) is 0 Å². The first kappa shape index (κ1) is 24.6. The van der Waals surface area contributed by atoms with Crippen molar-refractivity contribution in [2.75, 3.05) is 47.6 Å². The maximum absolute atomic E-state index is 12.4. The maximum atomic E-state index is 12.4. The van der Waals surface area contributed by atoms with E-state index < -0.39 is 0 Å². The first-order chi connectivity index (χ1) is 16.9. The van der Waals surface area contributed by atoms with Gasteiger partial charge in [-0.05, 0) is 51.0 Å². The third-order valence-electron chi connectivity index (χ3n) is 11.8. The second kappa shape index (κ2) is 8.39. The Hall–Kier alpha value is -0.730. The number of piperidine rings is 1. The van der Waals surface area contributed by atoms with Crippen LogP contribution in [0.3, 0.4) is 0 Å². The van der Waals surface area contributed by atoms with E-state index in [1.54, 1.807) is 6.92 Å². The van der Waals surface area contributed by atoms with Gasteiger partial charge in [0.05, 0.1) is 24.4 Å². The van der Waals surface area contributed by atoms with Crippen LogP contribution >= 0.6 is 0 Å². The third-order valence-corrected chi connectivity index (χ3v) is 11.8. The summed E-state index contributed by atoms with van der Waals surface area (Å²) in [6.07, 6.45) is 5.42. The highest BCUT2D eigenvalue weighted by molar-refractivity contribution is 5.66. The van der Waals surface area contributed by atoms with Crippen LogP contribution in [0.2, 0.25) is 0 Å². The smallest absolute Gasteiger partial charge is 0.302 e. The summed E-state index contributed by atoms with van der Waals surface area (Å²) in [7, 11) is 5.62. The van der Waals surface area contributed by atoms with Crippen molar-refractivity contribution in [1.82, 2.24) is 4.90 Å². The summed E-state index contributed by atoms with van der Waals surface area (Å²) in [6.45, 7) is 9.61. The monoisotopic (exact) mass is 491 g/mol. The fourth-order valence-electron chi connectivity index (χ4n) is 11.5. The van der Waals surface area contributed by atoms with Gasteiger partial charge in [-0.3, -0.25) is 9.69 Å². The maximum Gasteiger partial charge on any atom is 0.302 e. The van der Waals surface area contributed by atoms with Crippen LogP contribution in [0, 0.1) is 40.4 Å². The molecule has 7 bridgehead atoms. The van der Waals surface area contributed by atoms with Gasteiger partial charge < -0.3 is 23.7 Å². The van der Waals surface area contributed by atoms with E-state index in [9.17, 15) is 4.79 Å². The number of ether oxygens (including phenoxy) is 5. The largest absolute Gasteiger partial charge is 0.462 e. The first-order valence-corrected chi connectivity index (χ1v) is 14.0. The van der Waals surface area contributed by atoms with E-state index in [0.717, 1.165) is 51.8 Å². The average Bonchev–Trinajstić information content (AvgIpc) is 3.26. The van der Waals surface area contributed by atoms with Gasteiger partial charge in [-0.25, -0.2) is 0 Å². The van der Waals surface area contributed by atoms with Crippen molar-refractivity contribution in [1.29, 1.82) is 0 Å². The molecule has 12 unspecified atom stereocenters. The Kier molecular flexibility index (Phi) is 5.89. The number of rotatable bonds is 8. The molecule has 0 radical (unpaired) electrons. The number of carbonyl (C=O) groups excluding carboxylic acids is 1. The van der Waals surface area contributed by atoms with Crippen LogP contribution in [0.25, 0.3) is 0 Å². The predicted octanol–water partition coefficient (Wildman–Crippen LogP) is 3.15. The molecule has 1 heterocycles. The lowest BCUT2D eigenvalue weighted by Gasteiger charge is -2.70. The molecule has 35 heavy (non-hydrogen) atoms. The lowest BCUT2D eigenvalue weighted by molar-refractivity contribution is -0.286. The Morgan fingerprint density at radius 1 is 1.09 bits per heavy atom. The molecular formula is C28H45NO6. The summed E-state index contributed by atoms with van der Waals surface area (Å²) in [5.41, 5.74) is -0.159. The molecule has 1 aliphatic heterocycles. The molecule has 1 spiro atoms. The summed E-state index contributed by atoms with van der Waals surface area (Å²) in [6, 6.07) is 0.424. The Morgan fingerprint density at radius 2 is 1.89 bits per heavy atom. The van der Waals surface area contributed by atoms with Gasteiger partial charge in [-0.1, -0.05) is 6.92 Å². The topological polar surface area (TPSA) is 66.5 Å². The zero-order chi connectivity index (χ0) is 24.8. The minimum absolute atomic E-state index is 0.0332. The van der Waals surface area contributed by atoms with Crippen molar-refractivity contribution in [3.05, 3.63) is 0 Å². The SMILES string of the molecule is CCOC12CC(OC)C3CC(C1C3OC(C)=O)C13C(OC)CCC4(COC)CN(CC)C1C2CC43. The highest BCUT2D eigenvalue weighted by atomic mass is 16.6. The minimum Gasteiger partial charge on any atom is -0.462 e. The first-order valence-electron chi connectivity index (χ1n) is 14.0. The van der Waals surface area contributed by atoms with E-state index >= 15 is 0 Å². The molecular weight excluding hydrogens is 446 g/mol. The molecule has 7 heteroatoms. The zero-order valence-electron chi connectivity index (χ0n) is 22.5. The summed E-state index contributed by atoms with van der Waals surface area (Å²) in [5.74, 6) is 1.52. The lowest BCUT2D eigenvalue weighted by Crippen LogP contribution is -2.76. The highest BCUT2D eigenvalue weighted by Crippen LogP contribution is 2.79. The van der Waals surface area contributed by atoms with Crippen molar-refractivity contribution in [3.63, 3.8) is 0 Å². The Bertz CT molecular complexity index is 853. The minimum atomic E-state index is -0.338. The molecule has 7 nitrogen and oxygen atoms in total. The Balaban J connectivity index is 1.59. The molecule has 6 fully saturated rings. The van der Waals surface area contributed by atoms with E-state index in [4.69, 9.17) is 23.7 Å². The van der Waals surface area contributed by atoms with Crippen molar-refractivity contribution < 1.29 is 28.5 Å². The van der Waals surface area contributed by atoms with Gasteiger partial charge in [0.2, 0.25) is 0 Å². The van der Waals surface area contributed by atoms with Crippen LogP contribution in [0.5, 0.6) is 0 Å². The summed E-state index contributed by atoms with van der Waals surface area (Å²) >= 11 is 0. The van der Waals surface area contributed by atoms with E-state index in [0.29, 0.717) is 30.4 Å². The number of carbonyl (C=O) groups is 1. The van der Waals surface area contributed by atoms with Crippen molar-refractivity contribution in [2.45, 2.75) is 82.8 Å². The molecule has 0 N–H and O–H groups in total. The normalized spacial score (nSPS) is 53.6.